The minimum Gasteiger partial charge on any atom is -0.280 e. The summed E-state index contributed by atoms with van der Waals surface area (Å²) in [6.07, 6.45) is -4.74. The molecule has 0 heterocycles. The summed E-state index contributed by atoms with van der Waals surface area (Å²) < 4.78 is 65.7. The molecule has 2 aromatic carbocycles. The van der Waals surface area contributed by atoms with Crippen LogP contribution >= 0.6 is 15.9 Å². The molecule has 0 bridgehead atoms. The minimum absolute atomic E-state index is 0.176. The zero-order valence-electron chi connectivity index (χ0n) is 10.4. The Morgan fingerprint density at radius 1 is 0.952 bits per heavy atom. The highest BCUT2D eigenvalue weighted by molar-refractivity contribution is 9.10. The van der Waals surface area contributed by atoms with Crippen molar-refractivity contribution in [2.45, 2.75) is 11.1 Å². The van der Waals surface area contributed by atoms with Crippen molar-refractivity contribution in [2.75, 3.05) is 4.72 Å². The second kappa shape index (κ2) is 5.69. The van der Waals surface area contributed by atoms with E-state index in [1.54, 1.807) is 12.1 Å². The fourth-order valence-corrected chi connectivity index (χ4v) is 3.21. The van der Waals surface area contributed by atoms with Crippen molar-refractivity contribution >= 4 is 31.6 Å². The molecule has 0 unspecified atom stereocenters. The second-order valence-electron chi connectivity index (χ2n) is 4.11. The van der Waals surface area contributed by atoms with E-state index in [-0.39, 0.29) is 5.69 Å². The lowest BCUT2D eigenvalue weighted by Crippen LogP contribution is -2.18. The zero-order valence-corrected chi connectivity index (χ0v) is 12.8. The number of halogens is 4. The van der Waals surface area contributed by atoms with Crippen LogP contribution in [-0.4, -0.2) is 8.42 Å². The van der Waals surface area contributed by atoms with Crippen LogP contribution < -0.4 is 4.72 Å². The molecule has 0 aliphatic rings. The van der Waals surface area contributed by atoms with E-state index < -0.39 is 26.7 Å². The van der Waals surface area contributed by atoms with Crippen molar-refractivity contribution in [2.24, 2.45) is 0 Å². The molecule has 0 spiro atoms. The summed E-state index contributed by atoms with van der Waals surface area (Å²) in [7, 11) is -4.33. The first-order valence-electron chi connectivity index (χ1n) is 5.65. The van der Waals surface area contributed by atoms with Gasteiger partial charge in [-0.05, 0) is 36.4 Å². The Hall–Kier alpha value is -1.54. The molecule has 0 saturated carbocycles. The molecule has 1 N–H and O–H groups in total. The Morgan fingerprint density at radius 2 is 1.52 bits per heavy atom. The average molecular weight is 380 g/mol. The molecule has 0 atom stereocenters. The molecule has 21 heavy (non-hydrogen) atoms. The lowest BCUT2D eigenvalue weighted by atomic mass is 10.2. The highest BCUT2D eigenvalue weighted by Gasteiger charge is 2.36. The maximum atomic E-state index is 12.9. The largest absolute Gasteiger partial charge is 0.417 e. The monoisotopic (exact) mass is 379 g/mol. The lowest BCUT2D eigenvalue weighted by Gasteiger charge is -2.14. The predicted octanol–water partition coefficient (Wildman–Crippen LogP) is 4.27. The molecule has 0 radical (unpaired) electrons. The second-order valence-corrected chi connectivity index (χ2v) is 6.67. The van der Waals surface area contributed by atoms with Gasteiger partial charge in [0.1, 0.15) is 0 Å². The lowest BCUT2D eigenvalue weighted by molar-refractivity contribution is -0.139. The third-order valence-corrected chi connectivity index (χ3v) is 4.55. The van der Waals surface area contributed by atoms with Gasteiger partial charge in [0.05, 0.1) is 10.5 Å². The normalized spacial score (nSPS) is 12.2. The van der Waals surface area contributed by atoms with Gasteiger partial charge in [0, 0.05) is 10.2 Å². The molecule has 0 amide bonds. The minimum atomic E-state index is -4.74. The quantitative estimate of drug-likeness (QED) is 0.865. The fraction of sp³-hybridized carbons (Fsp3) is 0.0769. The molecule has 2 aromatic rings. The number of nitrogens with one attached hydrogen (secondary N) is 1. The van der Waals surface area contributed by atoms with Gasteiger partial charge in [-0.3, -0.25) is 4.72 Å². The van der Waals surface area contributed by atoms with Gasteiger partial charge in [-0.1, -0.05) is 28.1 Å². The molecular formula is C13H9BrF3NO2S. The fourth-order valence-electron chi connectivity index (χ4n) is 1.66. The summed E-state index contributed by atoms with van der Waals surface area (Å²) in [6, 6.07) is 10.1. The number of hydrogen-bond donors (Lipinski definition) is 1. The van der Waals surface area contributed by atoms with Crippen molar-refractivity contribution in [3.63, 3.8) is 0 Å². The zero-order chi connectivity index (χ0) is 15.7. The smallest absolute Gasteiger partial charge is 0.280 e. The first kappa shape index (κ1) is 15.8. The molecule has 3 nitrogen and oxygen atoms in total. The van der Waals surface area contributed by atoms with E-state index in [2.05, 4.69) is 20.7 Å². The Bertz CT molecular complexity index is 743. The van der Waals surface area contributed by atoms with Crippen molar-refractivity contribution in [3.8, 4) is 0 Å². The number of anilines is 1. The van der Waals surface area contributed by atoms with Crippen molar-refractivity contribution in [3.05, 3.63) is 58.6 Å². The van der Waals surface area contributed by atoms with E-state index in [4.69, 9.17) is 0 Å². The number of alkyl halides is 3. The van der Waals surface area contributed by atoms with Crippen LogP contribution in [0.5, 0.6) is 0 Å². The van der Waals surface area contributed by atoms with Crippen LogP contribution in [0.25, 0.3) is 0 Å². The topological polar surface area (TPSA) is 46.2 Å². The van der Waals surface area contributed by atoms with E-state index in [9.17, 15) is 21.6 Å². The van der Waals surface area contributed by atoms with Crippen LogP contribution in [0.2, 0.25) is 0 Å². The summed E-state index contributed by atoms with van der Waals surface area (Å²) in [4.78, 5) is -0.805. The van der Waals surface area contributed by atoms with Crippen molar-refractivity contribution in [1.29, 1.82) is 0 Å². The molecule has 8 heteroatoms. The van der Waals surface area contributed by atoms with E-state index in [0.29, 0.717) is 0 Å². The predicted molar refractivity (Wildman–Crippen MR) is 76.4 cm³/mol. The number of rotatable bonds is 3. The SMILES string of the molecule is O=S(=O)(Nc1ccc(Br)cc1)c1ccccc1C(F)(F)F. The van der Waals surface area contributed by atoms with Gasteiger partial charge in [0.15, 0.2) is 0 Å². The van der Waals surface area contributed by atoms with Crippen LogP contribution in [0.15, 0.2) is 57.9 Å². The molecule has 0 saturated heterocycles. The summed E-state index contributed by atoms with van der Waals surface area (Å²) in [6.45, 7) is 0. The molecular weight excluding hydrogens is 371 g/mol. The van der Waals surface area contributed by atoms with Crippen LogP contribution in [0.3, 0.4) is 0 Å². The summed E-state index contributed by atoms with van der Waals surface area (Å²) in [5.41, 5.74) is -1.02. The Kier molecular flexibility index (Phi) is 4.29. The van der Waals surface area contributed by atoms with E-state index in [1.165, 1.54) is 18.2 Å². The Balaban J connectivity index is 2.43. The first-order chi connectivity index (χ1) is 9.70. The third-order valence-electron chi connectivity index (χ3n) is 2.58. The van der Waals surface area contributed by atoms with Gasteiger partial charge >= 0.3 is 6.18 Å². The average Bonchev–Trinajstić information content (AvgIpc) is 2.40. The van der Waals surface area contributed by atoms with Gasteiger partial charge in [-0.2, -0.15) is 13.2 Å². The van der Waals surface area contributed by atoms with Crippen LogP contribution in [0.4, 0.5) is 18.9 Å². The maximum Gasteiger partial charge on any atom is 0.417 e. The molecule has 112 valence electrons. The Labute approximate surface area is 128 Å². The summed E-state index contributed by atoms with van der Waals surface area (Å²) >= 11 is 3.18. The van der Waals surface area contributed by atoms with Gasteiger partial charge in [0.2, 0.25) is 0 Å². The molecule has 2 rings (SSSR count). The Morgan fingerprint density at radius 3 is 2.10 bits per heavy atom. The van der Waals surface area contributed by atoms with Crippen LogP contribution in [0, 0.1) is 0 Å². The van der Waals surface area contributed by atoms with Gasteiger partial charge in [-0.15, -0.1) is 0 Å². The third kappa shape index (κ3) is 3.76. The van der Waals surface area contributed by atoms with Crippen LogP contribution in [0.1, 0.15) is 5.56 Å². The van der Waals surface area contributed by atoms with E-state index in [1.807, 2.05) is 0 Å². The number of hydrogen-bond acceptors (Lipinski definition) is 2. The number of sulfonamides is 1. The van der Waals surface area contributed by atoms with Gasteiger partial charge in [0.25, 0.3) is 10.0 Å². The molecule has 0 aliphatic heterocycles. The van der Waals surface area contributed by atoms with Crippen molar-refractivity contribution in [1.82, 2.24) is 0 Å². The summed E-state index contributed by atoms with van der Waals surface area (Å²) in [5.74, 6) is 0. The number of benzene rings is 2. The van der Waals surface area contributed by atoms with E-state index in [0.717, 1.165) is 22.7 Å². The van der Waals surface area contributed by atoms with Gasteiger partial charge < -0.3 is 0 Å². The van der Waals surface area contributed by atoms with Crippen molar-refractivity contribution < 1.29 is 21.6 Å². The van der Waals surface area contributed by atoms with E-state index >= 15 is 0 Å². The molecule has 0 fully saturated rings. The standard InChI is InChI=1S/C13H9BrF3NO2S/c14-9-5-7-10(8-6-9)18-21(19,20)12-4-2-1-3-11(12)13(15,16)17/h1-8,18H. The summed E-state index contributed by atoms with van der Waals surface area (Å²) in [5, 5.41) is 0. The molecule has 0 aromatic heterocycles. The highest BCUT2D eigenvalue weighted by atomic mass is 79.9. The molecule has 0 aliphatic carbocycles. The van der Waals surface area contributed by atoms with Crippen LogP contribution in [-0.2, 0) is 16.2 Å². The maximum absolute atomic E-state index is 12.9. The highest BCUT2D eigenvalue weighted by Crippen LogP contribution is 2.34. The van der Waals surface area contributed by atoms with Gasteiger partial charge in [-0.25, -0.2) is 8.42 Å². The first-order valence-corrected chi connectivity index (χ1v) is 7.92.